The van der Waals surface area contributed by atoms with E-state index in [0.717, 1.165) is 16.7 Å². The van der Waals surface area contributed by atoms with Crippen molar-refractivity contribution < 1.29 is 23.9 Å². The van der Waals surface area contributed by atoms with Crippen molar-refractivity contribution >= 4 is 17.8 Å². The number of rotatable bonds is 7. The predicted octanol–water partition coefficient (Wildman–Crippen LogP) is 3.89. The van der Waals surface area contributed by atoms with Crippen LogP contribution in [0.4, 0.5) is 0 Å². The predicted molar refractivity (Wildman–Crippen MR) is 116 cm³/mol. The molecule has 3 rings (SSSR count). The fraction of sp³-hybridized carbons (Fsp3) is 0.320. The number of esters is 2. The Kier molecular flexibility index (Phi) is 7.23. The molecule has 0 bridgehead atoms. The largest absolute Gasteiger partial charge is 0.465 e. The van der Waals surface area contributed by atoms with Crippen molar-refractivity contribution in [3.63, 3.8) is 0 Å². The van der Waals surface area contributed by atoms with Crippen molar-refractivity contribution in [2.75, 3.05) is 13.2 Å². The standard InChI is InChI=1S/C25H27NO5/c1-4-30-23(28)15-26-18(3)24(25(29)31-16-19-10-6-5-7-11-19)21(14-22(26)27)20-12-8-9-17(2)13-20/h5-13,21H,4,14-16H2,1-3H3. The van der Waals surface area contributed by atoms with E-state index in [-0.39, 0.29) is 32.1 Å². The molecule has 162 valence electrons. The number of hydrogen-bond donors (Lipinski definition) is 0. The molecule has 0 spiro atoms. The van der Waals surface area contributed by atoms with E-state index in [1.165, 1.54) is 4.90 Å². The Balaban J connectivity index is 1.94. The van der Waals surface area contributed by atoms with Crippen molar-refractivity contribution in [3.8, 4) is 0 Å². The van der Waals surface area contributed by atoms with E-state index in [2.05, 4.69) is 0 Å². The van der Waals surface area contributed by atoms with Gasteiger partial charge in [-0.15, -0.1) is 0 Å². The van der Waals surface area contributed by atoms with Gasteiger partial charge in [0.1, 0.15) is 13.2 Å². The summed E-state index contributed by atoms with van der Waals surface area (Å²) in [6.45, 7) is 5.47. The first-order valence-electron chi connectivity index (χ1n) is 10.3. The fourth-order valence-electron chi connectivity index (χ4n) is 3.78. The molecule has 1 unspecified atom stereocenters. The molecule has 2 aromatic carbocycles. The van der Waals surface area contributed by atoms with Gasteiger partial charge in [0.25, 0.3) is 0 Å². The minimum absolute atomic E-state index is 0.0793. The first-order valence-corrected chi connectivity index (χ1v) is 10.3. The van der Waals surface area contributed by atoms with Crippen LogP contribution in [0.5, 0.6) is 0 Å². The maximum Gasteiger partial charge on any atom is 0.336 e. The summed E-state index contributed by atoms with van der Waals surface area (Å²) < 4.78 is 10.6. The summed E-state index contributed by atoms with van der Waals surface area (Å²) in [7, 11) is 0. The normalized spacial score (nSPS) is 16.3. The summed E-state index contributed by atoms with van der Waals surface area (Å²) in [5, 5.41) is 0. The molecule has 1 heterocycles. The van der Waals surface area contributed by atoms with Gasteiger partial charge in [0.15, 0.2) is 0 Å². The summed E-state index contributed by atoms with van der Waals surface area (Å²) in [5.41, 5.74) is 3.60. The topological polar surface area (TPSA) is 72.9 Å². The molecule has 0 N–H and O–H groups in total. The molecule has 0 radical (unpaired) electrons. The van der Waals surface area contributed by atoms with Crippen LogP contribution in [0.25, 0.3) is 0 Å². The lowest BCUT2D eigenvalue weighted by Gasteiger charge is -2.34. The van der Waals surface area contributed by atoms with E-state index in [1.54, 1.807) is 13.8 Å². The Bertz CT molecular complexity index is 996. The molecule has 0 aromatic heterocycles. The summed E-state index contributed by atoms with van der Waals surface area (Å²) in [5.74, 6) is -1.67. The van der Waals surface area contributed by atoms with E-state index in [0.29, 0.717) is 11.3 Å². The number of benzene rings is 2. The van der Waals surface area contributed by atoms with Gasteiger partial charge in [-0.1, -0.05) is 60.2 Å². The lowest BCUT2D eigenvalue weighted by molar-refractivity contribution is -0.149. The smallest absolute Gasteiger partial charge is 0.336 e. The van der Waals surface area contributed by atoms with Crippen molar-refractivity contribution in [3.05, 3.63) is 82.6 Å². The molecular weight excluding hydrogens is 394 g/mol. The van der Waals surface area contributed by atoms with Crippen LogP contribution in [0.15, 0.2) is 65.9 Å². The number of allylic oxidation sites excluding steroid dienone is 1. The van der Waals surface area contributed by atoms with Crippen LogP contribution in [0.3, 0.4) is 0 Å². The Hall–Kier alpha value is -3.41. The Morgan fingerprint density at radius 1 is 1.03 bits per heavy atom. The van der Waals surface area contributed by atoms with Crippen LogP contribution < -0.4 is 0 Å². The van der Waals surface area contributed by atoms with Crippen LogP contribution in [-0.2, 0) is 30.5 Å². The van der Waals surface area contributed by atoms with Gasteiger partial charge in [-0.25, -0.2) is 4.79 Å². The van der Waals surface area contributed by atoms with Crippen molar-refractivity contribution in [2.24, 2.45) is 0 Å². The number of amides is 1. The number of hydrogen-bond acceptors (Lipinski definition) is 5. The second-order valence-corrected chi connectivity index (χ2v) is 7.52. The first-order chi connectivity index (χ1) is 14.9. The molecule has 2 aromatic rings. The lowest BCUT2D eigenvalue weighted by Crippen LogP contribution is -2.41. The maximum absolute atomic E-state index is 13.2. The number of aryl methyl sites for hydroxylation is 1. The molecule has 0 aliphatic carbocycles. The third-order valence-corrected chi connectivity index (χ3v) is 5.29. The SMILES string of the molecule is CCOC(=O)CN1C(=O)CC(c2cccc(C)c2)C(C(=O)OCc2ccccc2)=C1C. The zero-order valence-electron chi connectivity index (χ0n) is 18.1. The number of carbonyl (C=O) groups excluding carboxylic acids is 3. The number of carbonyl (C=O) groups is 3. The van der Waals surface area contributed by atoms with E-state index in [9.17, 15) is 14.4 Å². The molecule has 0 fully saturated rings. The molecule has 1 aliphatic rings. The Morgan fingerprint density at radius 3 is 2.45 bits per heavy atom. The second kappa shape index (κ2) is 10.1. The molecule has 0 saturated carbocycles. The zero-order valence-corrected chi connectivity index (χ0v) is 18.1. The molecular formula is C25H27NO5. The quantitative estimate of drug-likeness (QED) is 0.634. The third-order valence-electron chi connectivity index (χ3n) is 5.29. The molecule has 0 saturated heterocycles. The van der Waals surface area contributed by atoms with Crippen LogP contribution in [-0.4, -0.2) is 35.9 Å². The minimum atomic E-state index is -0.513. The second-order valence-electron chi connectivity index (χ2n) is 7.52. The monoisotopic (exact) mass is 421 g/mol. The van der Waals surface area contributed by atoms with Gasteiger partial charge in [0.05, 0.1) is 12.2 Å². The van der Waals surface area contributed by atoms with Crippen molar-refractivity contribution in [1.82, 2.24) is 4.90 Å². The molecule has 6 heteroatoms. The average Bonchev–Trinajstić information content (AvgIpc) is 2.75. The van der Waals surface area contributed by atoms with E-state index < -0.39 is 17.9 Å². The third kappa shape index (κ3) is 5.40. The summed E-state index contributed by atoms with van der Waals surface area (Å²) >= 11 is 0. The highest BCUT2D eigenvalue weighted by Crippen LogP contribution is 2.37. The number of ether oxygens (including phenoxy) is 2. The first kappa shape index (κ1) is 22.3. The van der Waals surface area contributed by atoms with E-state index in [4.69, 9.17) is 9.47 Å². The zero-order chi connectivity index (χ0) is 22.4. The van der Waals surface area contributed by atoms with Gasteiger partial charge >= 0.3 is 11.9 Å². The number of nitrogens with zero attached hydrogens (tertiary/aromatic N) is 1. The molecule has 6 nitrogen and oxygen atoms in total. The van der Waals surface area contributed by atoms with E-state index >= 15 is 0 Å². The highest BCUT2D eigenvalue weighted by atomic mass is 16.5. The van der Waals surface area contributed by atoms with Crippen LogP contribution >= 0.6 is 0 Å². The van der Waals surface area contributed by atoms with Gasteiger partial charge in [-0.05, 0) is 31.9 Å². The molecule has 1 aliphatic heterocycles. The highest BCUT2D eigenvalue weighted by Gasteiger charge is 2.37. The van der Waals surface area contributed by atoms with Gasteiger partial charge in [-0.2, -0.15) is 0 Å². The molecule has 31 heavy (non-hydrogen) atoms. The maximum atomic E-state index is 13.2. The summed E-state index contributed by atoms with van der Waals surface area (Å²) in [6.07, 6.45) is 0.0793. The average molecular weight is 421 g/mol. The highest BCUT2D eigenvalue weighted by molar-refractivity contribution is 5.96. The van der Waals surface area contributed by atoms with Crippen LogP contribution in [0.1, 0.15) is 42.9 Å². The fourth-order valence-corrected chi connectivity index (χ4v) is 3.78. The molecule has 1 atom stereocenters. The Morgan fingerprint density at radius 2 is 1.77 bits per heavy atom. The van der Waals surface area contributed by atoms with Crippen molar-refractivity contribution in [2.45, 2.75) is 39.7 Å². The van der Waals surface area contributed by atoms with Gasteiger partial charge in [-0.3, -0.25) is 9.59 Å². The van der Waals surface area contributed by atoms with Gasteiger partial charge in [0, 0.05) is 18.0 Å². The summed E-state index contributed by atoms with van der Waals surface area (Å²) in [4.78, 5) is 39.4. The van der Waals surface area contributed by atoms with Crippen molar-refractivity contribution in [1.29, 1.82) is 0 Å². The van der Waals surface area contributed by atoms with E-state index in [1.807, 2.05) is 61.5 Å². The lowest BCUT2D eigenvalue weighted by atomic mass is 9.83. The Labute approximate surface area is 182 Å². The molecule has 1 amide bonds. The van der Waals surface area contributed by atoms with Crippen LogP contribution in [0, 0.1) is 6.92 Å². The van der Waals surface area contributed by atoms with Gasteiger partial charge < -0.3 is 14.4 Å². The van der Waals surface area contributed by atoms with Gasteiger partial charge in [0.2, 0.25) is 5.91 Å². The van der Waals surface area contributed by atoms with Crippen LogP contribution in [0.2, 0.25) is 0 Å². The summed E-state index contributed by atoms with van der Waals surface area (Å²) in [6, 6.07) is 17.2. The minimum Gasteiger partial charge on any atom is -0.465 e.